The highest BCUT2D eigenvalue weighted by atomic mass is 16.3. The average Bonchev–Trinajstić information content (AvgIpc) is 2.50. The van der Waals surface area contributed by atoms with Crippen LogP contribution in [0.3, 0.4) is 0 Å². The van der Waals surface area contributed by atoms with Crippen LogP contribution in [0.25, 0.3) is 0 Å². The van der Waals surface area contributed by atoms with Gasteiger partial charge in [-0.05, 0) is 36.2 Å². The molecule has 0 aliphatic carbocycles. The summed E-state index contributed by atoms with van der Waals surface area (Å²) in [5, 5.41) is 30.3. The van der Waals surface area contributed by atoms with E-state index in [2.05, 4.69) is 5.32 Å². The minimum atomic E-state index is 0.238. The first-order chi connectivity index (χ1) is 10.1. The summed E-state index contributed by atoms with van der Waals surface area (Å²) in [5.41, 5.74) is 8.61. The van der Waals surface area contributed by atoms with E-state index < -0.39 is 0 Å². The first kappa shape index (κ1) is 14.2. The molecule has 0 spiro atoms. The van der Waals surface area contributed by atoms with Crippen LogP contribution in [0.15, 0.2) is 36.4 Å². The number of anilines is 2. The van der Waals surface area contributed by atoms with Gasteiger partial charge in [0.05, 0.1) is 22.5 Å². The number of nitrogens with two attached hydrogens (primary N) is 1. The standard InChI is InChI=1S/C16H14N4O/c17-9-12-7-15(19)16(8-13(12)10-18)20-6-5-11-1-3-14(21)4-2-11/h1-4,7-8,20-21H,5-6,19H2. The van der Waals surface area contributed by atoms with E-state index in [1.165, 1.54) is 6.07 Å². The highest BCUT2D eigenvalue weighted by Gasteiger charge is 2.07. The fraction of sp³-hybridized carbons (Fsp3) is 0.125. The Kier molecular flexibility index (Phi) is 4.28. The van der Waals surface area contributed by atoms with Crippen molar-refractivity contribution in [1.82, 2.24) is 0 Å². The summed E-state index contributed by atoms with van der Waals surface area (Å²) in [6.07, 6.45) is 0.752. The van der Waals surface area contributed by atoms with Gasteiger partial charge in [-0.25, -0.2) is 0 Å². The molecule has 2 aromatic rings. The Morgan fingerprint density at radius 1 is 1.05 bits per heavy atom. The number of hydrogen-bond acceptors (Lipinski definition) is 5. The molecule has 0 aliphatic heterocycles. The predicted octanol–water partition coefficient (Wildman–Crippen LogP) is 2.37. The molecule has 0 amide bonds. The first-order valence-corrected chi connectivity index (χ1v) is 6.39. The van der Waals surface area contributed by atoms with Gasteiger partial charge in [0.15, 0.2) is 0 Å². The normalized spacial score (nSPS) is 9.62. The third-order valence-corrected chi connectivity index (χ3v) is 3.10. The second-order valence-electron chi connectivity index (χ2n) is 4.55. The molecule has 0 saturated heterocycles. The van der Waals surface area contributed by atoms with Crippen molar-refractivity contribution in [3.63, 3.8) is 0 Å². The fourth-order valence-electron chi connectivity index (χ4n) is 1.96. The van der Waals surface area contributed by atoms with Gasteiger partial charge in [0, 0.05) is 6.54 Å². The molecule has 21 heavy (non-hydrogen) atoms. The monoisotopic (exact) mass is 278 g/mol. The Balaban J connectivity index is 2.05. The van der Waals surface area contributed by atoms with Crippen LogP contribution in [-0.4, -0.2) is 11.7 Å². The van der Waals surface area contributed by atoms with Gasteiger partial charge in [0.1, 0.15) is 17.9 Å². The summed E-state index contributed by atoms with van der Waals surface area (Å²) in [7, 11) is 0. The summed E-state index contributed by atoms with van der Waals surface area (Å²) in [6, 6.07) is 14.0. The minimum absolute atomic E-state index is 0.238. The largest absolute Gasteiger partial charge is 0.508 e. The first-order valence-electron chi connectivity index (χ1n) is 6.39. The molecule has 0 atom stereocenters. The van der Waals surface area contributed by atoms with Gasteiger partial charge in [-0.15, -0.1) is 0 Å². The third kappa shape index (κ3) is 3.43. The third-order valence-electron chi connectivity index (χ3n) is 3.10. The second-order valence-corrected chi connectivity index (χ2v) is 4.55. The van der Waals surface area contributed by atoms with E-state index in [0.717, 1.165) is 12.0 Å². The zero-order chi connectivity index (χ0) is 15.2. The zero-order valence-corrected chi connectivity index (χ0v) is 11.3. The highest BCUT2D eigenvalue weighted by molar-refractivity contribution is 5.72. The number of hydrogen-bond donors (Lipinski definition) is 3. The SMILES string of the molecule is N#Cc1cc(N)c(NCCc2ccc(O)cc2)cc1C#N. The van der Waals surface area contributed by atoms with Crippen LogP contribution in [0.4, 0.5) is 11.4 Å². The number of phenols is 1. The van der Waals surface area contributed by atoms with E-state index in [-0.39, 0.29) is 11.3 Å². The molecular formula is C16H14N4O. The van der Waals surface area contributed by atoms with Gasteiger partial charge in [-0.2, -0.15) is 10.5 Å². The van der Waals surface area contributed by atoms with Gasteiger partial charge in [-0.1, -0.05) is 12.1 Å². The number of nitrogens with one attached hydrogen (secondary N) is 1. The van der Waals surface area contributed by atoms with E-state index in [0.29, 0.717) is 23.5 Å². The van der Waals surface area contributed by atoms with Crippen molar-refractivity contribution in [1.29, 1.82) is 10.5 Å². The molecule has 0 aliphatic rings. The minimum Gasteiger partial charge on any atom is -0.508 e. The summed E-state index contributed by atoms with van der Waals surface area (Å²) in [4.78, 5) is 0. The molecule has 104 valence electrons. The molecule has 0 saturated carbocycles. The van der Waals surface area contributed by atoms with Crippen molar-refractivity contribution in [3.05, 3.63) is 53.1 Å². The smallest absolute Gasteiger partial charge is 0.115 e. The average molecular weight is 278 g/mol. The van der Waals surface area contributed by atoms with Crippen molar-refractivity contribution in [3.8, 4) is 17.9 Å². The maximum absolute atomic E-state index is 9.21. The van der Waals surface area contributed by atoms with Crippen LogP contribution in [0.5, 0.6) is 5.75 Å². The summed E-state index contributed by atoms with van der Waals surface area (Å²) in [6.45, 7) is 0.631. The maximum atomic E-state index is 9.21. The molecule has 2 rings (SSSR count). The number of nitrogen functional groups attached to an aromatic ring is 1. The number of nitriles is 2. The zero-order valence-electron chi connectivity index (χ0n) is 11.3. The van der Waals surface area contributed by atoms with Crippen LogP contribution >= 0.6 is 0 Å². The molecule has 0 aromatic heterocycles. The van der Waals surface area contributed by atoms with Crippen molar-refractivity contribution in [2.75, 3.05) is 17.6 Å². The van der Waals surface area contributed by atoms with Gasteiger partial charge in [0.2, 0.25) is 0 Å². The van der Waals surface area contributed by atoms with Crippen molar-refractivity contribution in [2.45, 2.75) is 6.42 Å². The lowest BCUT2D eigenvalue weighted by Gasteiger charge is -2.10. The Morgan fingerprint density at radius 3 is 2.29 bits per heavy atom. The summed E-state index contributed by atoms with van der Waals surface area (Å²) >= 11 is 0. The van der Waals surface area contributed by atoms with Crippen molar-refractivity contribution in [2.24, 2.45) is 0 Å². The van der Waals surface area contributed by atoms with Crippen molar-refractivity contribution < 1.29 is 5.11 Å². The molecule has 2 aromatic carbocycles. The summed E-state index contributed by atoms with van der Waals surface area (Å²) < 4.78 is 0. The number of nitrogens with zero attached hydrogens (tertiary/aromatic N) is 2. The molecule has 0 bridgehead atoms. The lowest BCUT2D eigenvalue weighted by molar-refractivity contribution is 0.475. The van der Waals surface area contributed by atoms with E-state index in [9.17, 15) is 5.11 Å². The quantitative estimate of drug-likeness (QED) is 0.744. The molecule has 4 N–H and O–H groups in total. The lowest BCUT2D eigenvalue weighted by atomic mass is 10.1. The van der Waals surface area contributed by atoms with Crippen LogP contribution in [0, 0.1) is 22.7 Å². The predicted molar refractivity (Wildman–Crippen MR) is 80.6 cm³/mol. The Labute approximate surface area is 122 Å². The molecule has 0 heterocycles. The molecule has 5 heteroatoms. The Morgan fingerprint density at radius 2 is 1.67 bits per heavy atom. The van der Waals surface area contributed by atoms with Gasteiger partial charge in [-0.3, -0.25) is 0 Å². The Bertz CT molecular complexity index is 724. The second kappa shape index (κ2) is 6.31. The van der Waals surface area contributed by atoms with Crippen LogP contribution < -0.4 is 11.1 Å². The maximum Gasteiger partial charge on any atom is 0.115 e. The van der Waals surface area contributed by atoms with Gasteiger partial charge >= 0.3 is 0 Å². The lowest BCUT2D eigenvalue weighted by Crippen LogP contribution is -2.07. The highest BCUT2D eigenvalue weighted by Crippen LogP contribution is 2.23. The molecule has 0 radical (unpaired) electrons. The van der Waals surface area contributed by atoms with E-state index >= 15 is 0 Å². The number of rotatable bonds is 4. The Hall–Kier alpha value is -3.18. The van der Waals surface area contributed by atoms with E-state index in [1.54, 1.807) is 18.2 Å². The summed E-state index contributed by atoms with van der Waals surface area (Å²) in [5.74, 6) is 0.238. The molecule has 0 fully saturated rings. The fourth-order valence-corrected chi connectivity index (χ4v) is 1.96. The van der Waals surface area contributed by atoms with Gasteiger partial charge < -0.3 is 16.2 Å². The van der Waals surface area contributed by atoms with E-state index in [1.807, 2.05) is 24.3 Å². The molecule has 0 unspecified atom stereocenters. The topological polar surface area (TPSA) is 106 Å². The number of phenolic OH excluding ortho intramolecular Hbond substituents is 1. The van der Waals surface area contributed by atoms with Crippen LogP contribution in [-0.2, 0) is 6.42 Å². The van der Waals surface area contributed by atoms with Crippen LogP contribution in [0.2, 0.25) is 0 Å². The number of aromatic hydroxyl groups is 1. The van der Waals surface area contributed by atoms with Gasteiger partial charge in [0.25, 0.3) is 0 Å². The molecule has 5 nitrogen and oxygen atoms in total. The van der Waals surface area contributed by atoms with Crippen LogP contribution in [0.1, 0.15) is 16.7 Å². The molecular weight excluding hydrogens is 264 g/mol. The van der Waals surface area contributed by atoms with Crippen molar-refractivity contribution >= 4 is 11.4 Å². The van der Waals surface area contributed by atoms with E-state index in [4.69, 9.17) is 16.3 Å². The number of benzene rings is 2.